The lowest BCUT2D eigenvalue weighted by Crippen LogP contribution is -2.53. The van der Waals surface area contributed by atoms with Crippen LogP contribution in [0.15, 0.2) is 66.7 Å². The first kappa shape index (κ1) is 28.0. The minimum Gasteiger partial charge on any atom is -0.367 e. The van der Waals surface area contributed by atoms with E-state index >= 15 is 0 Å². The highest BCUT2D eigenvalue weighted by Crippen LogP contribution is 2.28. The van der Waals surface area contributed by atoms with Crippen molar-refractivity contribution in [3.63, 3.8) is 0 Å². The summed E-state index contributed by atoms with van der Waals surface area (Å²) < 4.78 is 27.8. The smallest absolute Gasteiger partial charge is 0.240 e. The first-order valence-corrected chi connectivity index (χ1v) is 13.9. The van der Waals surface area contributed by atoms with Crippen molar-refractivity contribution in [2.45, 2.75) is 31.6 Å². The molecule has 0 aromatic heterocycles. The van der Waals surface area contributed by atoms with E-state index in [0.29, 0.717) is 68.4 Å². The van der Waals surface area contributed by atoms with E-state index in [0.717, 1.165) is 17.3 Å². The minimum absolute atomic E-state index is 0.0152. The molecule has 40 heavy (non-hydrogen) atoms. The number of halogens is 3. The number of amides is 1. The number of hydrogen-bond acceptors (Lipinski definition) is 5. The van der Waals surface area contributed by atoms with Crippen molar-refractivity contribution in [2.24, 2.45) is 0 Å². The van der Waals surface area contributed by atoms with Gasteiger partial charge in [0.15, 0.2) is 0 Å². The van der Waals surface area contributed by atoms with Crippen LogP contribution in [0.3, 0.4) is 0 Å². The van der Waals surface area contributed by atoms with Gasteiger partial charge in [-0.2, -0.15) is 5.26 Å². The number of rotatable bonds is 7. The van der Waals surface area contributed by atoms with Gasteiger partial charge >= 0.3 is 0 Å². The van der Waals surface area contributed by atoms with E-state index in [1.807, 2.05) is 65.4 Å². The molecule has 0 saturated carbocycles. The average molecular weight is 564 g/mol. The van der Waals surface area contributed by atoms with Crippen molar-refractivity contribution in [3.8, 4) is 6.07 Å². The number of benzene rings is 3. The summed E-state index contributed by atoms with van der Waals surface area (Å²) in [7, 11) is 1.92. The van der Waals surface area contributed by atoms with E-state index in [4.69, 9.17) is 11.6 Å². The quantitative estimate of drug-likeness (QED) is 0.409. The lowest BCUT2D eigenvalue weighted by atomic mass is 10.1. The van der Waals surface area contributed by atoms with Gasteiger partial charge in [0.1, 0.15) is 17.7 Å². The molecule has 0 aliphatic carbocycles. The van der Waals surface area contributed by atoms with Crippen LogP contribution in [0, 0.1) is 23.0 Å². The Labute approximate surface area is 239 Å². The van der Waals surface area contributed by atoms with Crippen molar-refractivity contribution in [1.82, 2.24) is 14.7 Å². The number of nitrogens with zero attached hydrogens (tertiary/aromatic N) is 5. The Morgan fingerprint density at radius 1 is 1.05 bits per heavy atom. The van der Waals surface area contributed by atoms with Crippen LogP contribution >= 0.6 is 11.6 Å². The highest BCUT2D eigenvalue weighted by atomic mass is 35.5. The molecular weight excluding hydrogens is 532 g/mol. The molecule has 2 aliphatic rings. The first-order chi connectivity index (χ1) is 19.3. The Kier molecular flexibility index (Phi) is 8.65. The van der Waals surface area contributed by atoms with Gasteiger partial charge in [0.25, 0.3) is 0 Å². The van der Waals surface area contributed by atoms with Crippen LogP contribution in [0.5, 0.6) is 0 Å². The maximum Gasteiger partial charge on any atom is 0.240 e. The summed E-state index contributed by atoms with van der Waals surface area (Å²) in [6.45, 7) is 3.97. The molecule has 9 heteroatoms. The van der Waals surface area contributed by atoms with Gasteiger partial charge in [-0.25, -0.2) is 8.78 Å². The second-order valence-corrected chi connectivity index (χ2v) is 11.0. The molecule has 2 atom stereocenters. The predicted molar refractivity (Wildman–Crippen MR) is 152 cm³/mol. The Hall–Kier alpha value is -3.51. The summed E-state index contributed by atoms with van der Waals surface area (Å²) in [5.41, 5.74) is 2.98. The third kappa shape index (κ3) is 6.28. The zero-order chi connectivity index (χ0) is 28.2. The third-order valence-electron chi connectivity index (χ3n) is 7.96. The fourth-order valence-corrected chi connectivity index (χ4v) is 5.98. The van der Waals surface area contributed by atoms with Crippen molar-refractivity contribution in [3.05, 3.63) is 100 Å². The lowest BCUT2D eigenvalue weighted by Gasteiger charge is -2.38. The normalized spacial score (nSPS) is 19.7. The molecular formula is C31H32ClF2N5O. The van der Waals surface area contributed by atoms with Crippen molar-refractivity contribution in [2.75, 3.05) is 44.7 Å². The predicted octanol–water partition coefficient (Wildman–Crippen LogP) is 4.91. The van der Waals surface area contributed by atoms with Crippen LogP contribution in [0.25, 0.3) is 0 Å². The molecule has 2 aliphatic heterocycles. The highest BCUT2D eigenvalue weighted by Gasteiger charge is 2.41. The Morgan fingerprint density at radius 2 is 1.82 bits per heavy atom. The largest absolute Gasteiger partial charge is 0.367 e. The number of nitriles is 1. The Balaban J connectivity index is 1.30. The molecule has 0 unspecified atom stereocenters. The van der Waals surface area contributed by atoms with Gasteiger partial charge in [-0.05, 0) is 49.4 Å². The molecule has 0 radical (unpaired) electrons. The number of anilines is 1. The van der Waals surface area contributed by atoms with E-state index in [-0.39, 0.29) is 18.0 Å². The number of likely N-dealkylation sites (N-methyl/N-ethyl adjacent to an activating group) is 1. The molecule has 3 aromatic rings. The maximum atomic E-state index is 14.4. The topological polar surface area (TPSA) is 53.8 Å². The number of carbonyl (C=O) groups is 1. The van der Waals surface area contributed by atoms with Gasteiger partial charge in [0.2, 0.25) is 5.91 Å². The standard InChI is InChI=1S/C31H32ClF2N5O/c1-36(20-24-9-10-26(33)16-28(24)34)27-17-30(39(21-27)19-22-5-4-7-25(32)15-22)31(40)38-13-11-37(12-14-38)29-8-3-2-6-23(29)18-35/h2-10,15-16,27,30H,11-14,17,19-21H2,1H3/t27-,30-/m0/s1. The maximum absolute atomic E-state index is 14.4. The van der Waals surface area contributed by atoms with E-state index in [1.165, 1.54) is 12.1 Å². The van der Waals surface area contributed by atoms with Crippen LogP contribution in [0.2, 0.25) is 5.02 Å². The average Bonchev–Trinajstić information content (AvgIpc) is 3.38. The Bertz CT molecular complexity index is 1400. The lowest BCUT2D eigenvalue weighted by molar-refractivity contribution is -0.136. The Morgan fingerprint density at radius 3 is 2.55 bits per heavy atom. The number of para-hydroxylation sites is 1. The molecule has 3 aromatic carbocycles. The second-order valence-electron chi connectivity index (χ2n) is 10.6. The fourth-order valence-electron chi connectivity index (χ4n) is 5.77. The highest BCUT2D eigenvalue weighted by molar-refractivity contribution is 6.30. The SMILES string of the molecule is CN(Cc1ccc(F)cc1F)[C@H]1C[C@@H](C(=O)N2CCN(c3ccccc3C#N)CC2)N(Cc2cccc(Cl)c2)C1. The number of carbonyl (C=O) groups excluding carboxylic acids is 1. The van der Waals surface area contributed by atoms with E-state index in [1.54, 1.807) is 0 Å². The molecule has 2 saturated heterocycles. The van der Waals surface area contributed by atoms with E-state index in [9.17, 15) is 18.8 Å². The van der Waals surface area contributed by atoms with Crippen LogP contribution in [0.4, 0.5) is 14.5 Å². The summed E-state index contributed by atoms with van der Waals surface area (Å²) in [6, 6.07) is 20.8. The number of piperazine rings is 1. The zero-order valence-electron chi connectivity index (χ0n) is 22.4. The third-order valence-corrected chi connectivity index (χ3v) is 8.19. The first-order valence-electron chi connectivity index (χ1n) is 13.5. The number of hydrogen-bond donors (Lipinski definition) is 0. The second kappa shape index (κ2) is 12.3. The van der Waals surface area contributed by atoms with Gasteiger partial charge in [0, 0.05) is 68.5 Å². The molecule has 208 valence electrons. The van der Waals surface area contributed by atoms with Gasteiger partial charge in [-0.15, -0.1) is 0 Å². The van der Waals surface area contributed by atoms with Gasteiger partial charge < -0.3 is 9.80 Å². The van der Waals surface area contributed by atoms with Gasteiger partial charge in [0.05, 0.1) is 17.3 Å². The van der Waals surface area contributed by atoms with Crippen LogP contribution in [-0.4, -0.2) is 72.5 Å². The van der Waals surface area contributed by atoms with Gasteiger partial charge in [-0.3, -0.25) is 14.6 Å². The summed E-state index contributed by atoms with van der Waals surface area (Å²) >= 11 is 6.24. The van der Waals surface area contributed by atoms with Crippen LogP contribution in [-0.2, 0) is 17.9 Å². The molecule has 1 amide bonds. The molecule has 0 spiro atoms. The van der Waals surface area contributed by atoms with Crippen LogP contribution in [0.1, 0.15) is 23.1 Å². The molecule has 5 rings (SSSR count). The van der Waals surface area contributed by atoms with E-state index in [2.05, 4.69) is 15.9 Å². The van der Waals surface area contributed by atoms with Crippen molar-refractivity contribution in [1.29, 1.82) is 5.26 Å². The van der Waals surface area contributed by atoms with E-state index < -0.39 is 11.6 Å². The van der Waals surface area contributed by atoms with Crippen LogP contribution < -0.4 is 4.90 Å². The molecule has 0 N–H and O–H groups in total. The van der Waals surface area contributed by atoms with Crippen molar-refractivity contribution >= 4 is 23.2 Å². The number of likely N-dealkylation sites (tertiary alicyclic amines) is 1. The zero-order valence-corrected chi connectivity index (χ0v) is 23.2. The molecule has 6 nitrogen and oxygen atoms in total. The summed E-state index contributed by atoms with van der Waals surface area (Å²) in [5, 5.41) is 10.1. The molecule has 2 heterocycles. The van der Waals surface area contributed by atoms with Crippen molar-refractivity contribution < 1.29 is 13.6 Å². The fraction of sp³-hybridized carbons (Fsp3) is 0.355. The van der Waals surface area contributed by atoms with Gasteiger partial charge in [-0.1, -0.05) is 41.9 Å². The molecule has 0 bridgehead atoms. The minimum atomic E-state index is -0.598. The summed E-state index contributed by atoms with van der Waals surface area (Å²) in [6.07, 6.45) is 0.607. The summed E-state index contributed by atoms with van der Waals surface area (Å²) in [4.78, 5) is 22.2. The summed E-state index contributed by atoms with van der Waals surface area (Å²) in [5.74, 6) is -1.08. The monoisotopic (exact) mass is 563 g/mol. The molecule has 2 fully saturated rings.